The molecule has 0 radical (unpaired) electrons. The number of hydrazine groups is 1. The number of nitrogens with two attached hydrogens (primary N) is 1. The third-order valence-electron chi connectivity index (χ3n) is 4.84. The molecule has 0 aromatic carbocycles. The van der Waals surface area contributed by atoms with Crippen LogP contribution in [-0.2, 0) is 6.54 Å². The summed E-state index contributed by atoms with van der Waals surface area (Å²) in [5.74, 6) is 6.80. The Balaban J connectivity index is 2.47. The Labute approximate surface area is 127 Å². The van der Waals surface area contributed by atoms with Gasteiger partial charge in [-0.05, 0) is 33.4 Å². The Bertz CT molecular complexity index is 451. The third kappa shape index (κ3) is 2.80. The first-order chi connectivity index (χ1) is 10.1. The molecule has 1 aliphatic carbocycles. The predicted molar refractivity (Wildman–Crippen MR) is 84.0 cm³/mol. The average Bonchev–Trinajstić information content (AvgIpc) is 3.09. The lowest BCUT2D eigenvalue weighted by atomic mass is 9.84. The molecule has 1 aromatic heterocycles. The smallest absolute Gasteiger partial charge is 0.161 e. The highest BCUT2D eigenvalue weighted by Crippen LogP contribution is 2.45. The van der Waals surface area contributed by atoms with Crippen LogP contribution in [0.1, 0.15) is 50.8 Å². The molecule has 1 fully saturated rings. The first-order valence-corrected chi connectivity index (χ1v) is 7.84. The quantitative estimate of drug-likeness (QED) is 0.592. The van der Waals surface area contributed by atoms with Gasteiger partial charge in [0, 0.05) is 12.1 Å². The average molecular weight is 295 g/mol. The van der Waals surface area contributed by atoms with E-state index in [0.29, 0.717) is 0 Å². The summed E-state index contributed by atoms with van der Waals surface area (Å²) < 4.78 is 7.58. The minimum atomic E-state index is 0.0130. The second-order valence-electron chi connectivity index (χ2n) is 6.13. The number of aryl methyl sites for hydroxylation is 1. The molecule has 1 aromatic rings. The van der Waals surface area contributed by atoms with Crippen molar-refractivity contribution in [3.8, 4) is 5.75 Å². The summed E-state index contributed by atoms with van der Waals surface area (Å²) in [4.78, 5) is 2.31. The molecule has 1 unspecified atom stereocenters. The van der Waals surface area contributed by atoms with Crippen molar-refractivity contribution < 1.29 is 4.74 Å². The molecule has 0 aliphatic heterocycles. The van der Waals surface area contributed by atoms with Crippen molar-refractivity contribution in [3.05, 3.63) is 11.9 Å². The number of ether oxygens (including phenoxy) is 1. The molecule has 0 bridgehead atoms. The number of hydrogen-bond acceptors (Lipinski definition) is 5. The SMILES string of the molecule is CCCn1ncc(OC)c1C(NN)C1(N(C)C)CCCC1. The fourth-order valence-electron chi connectivity index (χ4n) is 3.69. The summed E-state index contributed by atoms with van der Waals surface area (Å²) in [5.41, 5.74) is 4.15. The molecule has 0 spiro atoms. The van der Waals surface area contributed by atoms with Gasteiger partial charge in [-0.25, -0.2) is 5.43 Å². The molecule has 120 valence electrons. The zero-order valence-corrected chi connectivity index (χ0v) is 13.7. The maximum absolute atomic E-state index is 5.98. The predicted octanol–water partition coefficient (Wildman–Crippen LogP) is 1.68. The molecule has 6 heteroatoms. The normalized spacial score (nSPS) is 19.1. The van der Waals surface area contributed by atoms with E-state index >= 15 is 0 Å². The van der Waals surface area contributed by atoms with Gasteiger partial charge < -0.3 is 9.64 Å². The van der Waals surface area contributed by atoms with Gasteiger partial charge in [-0.15, -0.1) is 0 Å². The van der Waals surface area contributed by atoms with Crippen LogP contribution in [0.25, 0.3) is 0 Å². The molecule has 1 heterocycles. The van der Waals surface area contributed by atoms with Crippen molar-refractivity contribution in [1.29, 1.82) is 0 Å². The lowest BCUT2D eigenvalue weighted by molar-refractivity contribution is 0.0985. The van der Waals surface area contributed by atoms with E-state index in [2.05, 4.69) is 36.4 Å². The summed E-state index contributed by atoms with van der Waals surface area (Å²) in [7, 11) is 5.98. The van der Waals surface area contributed by atoms with E-state index in [-0.39, 0.29) is 11.6 Å². The van der Waals surface area contributed by atoms with Crippen molar-refractivity contribution in [2.24, 2.45) is 5.84 Å². The number of likely N-dealkylation sites (N-methyl/N-ethyl adjacent to an activating group) is 1. The summed E-state index contributed by atoms with van der Waals surface area (Å²) in [6.45, 7) is 3.03. The minimum Gasteiger partial charge on any atom is -0.493 e. The van der Waals surface area contributed by atoms with E-state index in [1.54, 1.807) is 13.3 Å². The van der Waals surface area contributed by atoms with E-state index in [9.17, 15) is 0 Å². The molecule has 1 saturated carbocycles. The van der Waals surface area contributed by atoms with Gasteiger partial charge in [0.25, 0.3) is 0 Å². The van der Waals surface area contributed by atoms with Gasteiger partial charge in [0.05, 0.1) is 19.3 Å². The van der Waals surface area contributed by atoms with Gasteiger partial charge >= 0.3 is 0 Å². The van der Waals surface area contributed by atoms with Crippen LogP contribution >= 0.6 is 0 Å². The highest BCUT2D eigenvalue weighted by molar-refractivity contribution is 5.31. The van der Waals surface area contributed by atoms with E-state index in [4.69, 9.17) is 10.6 Å². The van der Waals surface area contributed by atoms with Crippen LogP contribution < -0.4 is 16.0 Å². The Morgan fingerprint density at radius 1 is 1.48 bits per heavy atom. The molecule has 1 atom stereocenters. The fourth-order valence-corrected chi connectivity index (χ4v) is 3.69. The largest absolute Gasteiger partial charge is 0.493 e. The monoisotopic (exact) mass is 295 g/mol. The molecule has 21 heavy (non-hydrogen) atoms. The van der Waals surface area contributed by atoms with Crippen molar-refractivity contribution in [2.45, 2.75) is 57.2 Å². The summed E-state index contributed by atoms with van der Waals surface area (Å²) >= 11 is 0. The number of rotatable bonds is 7. The zero-order chi connectivity index (χ0) is 15.5. The van der Waals surface area contributed by atoms with Crippen molar-refractivity contribution in [2.75, 3.05) is 21.2 Å². The van der Waals surface area contributed by atoms with Crippen molar-refractivity contribution >= 4 is 0 Å². The van der Waals surface area contributed by atoms with Crippen LogP contribution in [0.4, 0.5) is 0 Å². The Morgan fingerprint density at radius 3 is 2.62 bits per heavy atom. The van der Waals surface area contributed by atoms with E-state index in [0.717, 1.165) is 37.3 Å². The highest BCUT2D eigenvalue weighted by atomic mass is 16.5. The standard InChI is InChI=1S/C15H29N5O/c1-5-10-20-13(12(21-4)11-17-20)14(18-16)15(19(2)3)8-6-7-9-15/h11,14,18H,5-10,16H2,1-4H3. The lowest BCUT2D eigenvalue weighted by Crippen LogP contribution is -2.54. The third-order valence-corrected chi connectivity index (χ3v) is 4.84. The molecular weight excluding hydrogens is 266 g/mol. The number of nitrogens with zero attached hydrogens (tertiary/aromatic N) is 3. The van der Waals surface area contributed by atoms with E-state index in [1.807, 2.05) is 4.68 Å². The van der Waals surface area contributed by atoms with Gasteiger partial charge in [-0.2, -0.15) is 5.10 Å². The number of methoxy groups -OCH3 is 1. The van der Waals surface area contributed by atoms with Gasteiger partial charge in [0.2, 0.25) is 0 Å². The van der Waals surface area contributed by atoms with Crippen LogP contribution in [0.3, 0.4) is 0 Å². The molecular formula is C15H29N5O. The molecule has 6 nitrogen and oxygen atoms in total. The zero-order valence-electron chi connectivity index (χ0n) is 13.7. The lowest BCUT2D eigenvalue weighted by Gasteiger charge is -2.43. The Hall–Kier alpha value is -1.11. The molecule has 3 N–H and O–H groups in total. The first-order valence-electron chi connectivity index (χ1n) is 7.84. The summed E-state index contributed by atoms with van der Waals surface area (Å²) in [6, 6.07) is 0.0130. The second-order valence-corrected chi connectivity index (χ2v) is 6.13. The van der Waals surface area contributed by atoms with Crippen molar-refractivity contribution in [1.82, 2.24) is 20.1 Å². The highest BCUT2D eigenvalue weighted by Gasteiger charge is 2.46. The van der Waals surface area contributed by atoms with Gasteiger partial charge in [-0.1, -0.05) is 19.8 Å². The number of nitrogens with one attached hydrogen (secondary N) is 1. The van der Waals surface area contributed by atoms with Gasteiger partial charge in [0.1, 0.15) is 5.69 Å². The van der Waals surface area contributed by atoms with E-state index in [1.165, 1.54) is 12.8 Å². The minimum absolute atomic E-state index is 0.0130. The van der Waals surface area contributed by atoms with Crippen LogP contribution in [0.2, 0.25) is 0 Å². The second kappa shape index (κ2) is 6.77. The van der Waals surface area contributed by atoms with Crippen molar-refractivity contribution in [3.63, 3.8) is 0 Å². The molecule has 0 saturated heterocycles. The topological polar surface area (TPSA) is 68.3 Å². The number of hydrogen-bond donors (Lipinski definition) is 2. The number of aromatic nitrogens is 2. The summed E-state index contributed by atoms with van der Waals surface area (Å²) in [6.07, 6.45) is 7.57. The first kappa shape index (κ1) is 16.3. The van der Waals surface area contributed by atoms with E-state index < -0.39 is 0 Å². The van der Waals surface area contributed by atoms with Gasteiger partial charge in [-0.3, -0.25) is 10.5 Å². The molecule has 0 amide bonds. The molecule has 1 aliphatic rings. The van der Waals surface area contributed by atoms with Crippen LogP contribution in [-0.4, -0.2) is 41.4 Å². The van der Waals surface area contributed by atoms with Gasteiger partial charge in [0.15, 0.2) is 5.75 Å². The van der Waals surface area contributed by atoms with Crippen LogP contribution in [0.15, 0.2) is 6.20 Å². The Morgan fingerprint density at radius 2 is 2.14 bits per heavy atom. The fraction of sp³-hybridized carbons (Fsp3) is 0.800. The maximum Gasteiger partial charge on any atom is 0.161 e. The van der Waals surface area contributed by atoms with Crippen LogP contribution in [0.5, 0.6) is 5.75 Å². The molecule has 2 rings (SSSR count). The van der Waals surface area contributed by atoms with Crippen LogP contribution in [0, 0.1) is 0 Å². The summed E-state index contributed by atoms with van der Waals surface area (Å²) in [5, 5.41) is 4.49. The Kier molecular flexibility index (Phi) is 5.24. The maximum atomic E-state index is 5.98.